The van der Waals surface area contributed by atoms with Gasteiger partial charge in [0.25, 0.3) is 0 Å². The van der Waals surface area contributed by atoms with Crippen LogP contribution in [0.2, 0.25) is 0 Å². The van der Waals surface area contributed by atoms with Crippen molar-refractivity contribution in [3.63, 3.8) is 0 Å². The third-order valence-electron chi connectivity index (χ3n) is 1.15. The van der Waals surface area contributed by atoms with E-state index in [1.54, 1.807) is 0 Å². The van der Waals surface area contributed by atoms with Gasteiger partial charge in [0.15, 0.2) is 6.33 Å². The smallest absolute Gasteiger partial charge is 0.227 e. The van der Waals surface area contributed by atoms with Crippen molar-refractivity contribution in [2.24, 2.45) is 5.73 Å². The number of carbonyl (C=O) groups excluding carboxylic acids is 1. The number of thioether (sulfide) groups is 1. The van der Waals surface area contributed by atoms with Gasteiger partial charge < -0.3 is 10.3 Å². The summed E-state index contributed by atoms with van der Waals surface area (Å²) in [5, 5.41) is 3.42. The Hall–Kier alpha value is -0.880. The number of aryl methyl sites for hydroxylation is 1. The van der Waals surface area contributed by atoms with Crippen molar-refractivity contribution < 1.29 is 9.32 Å². The van der Waals surface area contributed by atoms with E-state index < -0.39 is 0 Å². The number of rotatable bonds is 4. The molecule has 12 heavy (non-hydrogen) atoms. The number of nitrogens with two attached hydrogens (primary N) is 1. The van der Waals surface area contributed by atoms with E-state index in [2.05, 4.69) is 10.1 Å². The van der Waals surface area contributed by atoms with Gasteiger partial charge in [-0.25, -0.2) is 0 Å². The van der Waals surface area contributed by atoms with Crippen LogP contribution in [0.3, 0.4) is 0 Å². The van der Waals surface area contributed by atoms with Crippen LogP contribution in [-0.2, 0) is 11.2 Å². The van der Waals surface area contributed by atoms with Crippen molar-refractivity contribution in [2.45, 2.75) is 6.42 Å². The molecule has 2 N–H and O–H groups in total. The Morgan fingerprint density at radius 2 is 2.58 bits per heavy atom. The third kappa shape index (κ3) is 3.02. The van der Waals surface area contributed by atoms with E-state index in [4.69, 9.17) is 10.3 Å². The summed E-state index contributed by atoms with van der Waals surface area (Å²) in [6.45, 7) is 0.0779. The minimum atomic E-state index is -0.0190. The highest BCUT2D eigenvalue weighted by Gasteiger charge is 2.02. The second-order valence-electron chi connectivity index (χ2n) is 2.01. The summed E-state index contributed by atoms with van der Waals surface area (Å²) in [6, 6.07) is 0. The molecular formula is C6H9N3O2S. The first-order valence-electron chi connectivity index (χ1n) is 3.44. The van der Waals surface area contributed by atoms with Crippen LogP contribution in [0.25, 0.3) is 0 Å². The van der Waals surface area contributed by atoms with Crippen molar-refractivity contribution >= 4 is 16.9 Å². The predicted octanol–water partition coefficient (Wildman–Crippen LogP) is -0.169. The molecule has 0 saturated heterocycles. The fourth-order valence-corrected chi connectivity index (χ4v) is 1.24. The number of carbonyl (C=O) groups is 1. The summed E-state index contributed by atoms with van der Waals surface area (Å²) >= 11 is 1.18. The molecule has 0 aliphatic carbocycles. The zero-order valence-electron chi connectivity index (χ0n) is 6.40. The summed E-state index contributed by atoms with van der Waals surface area (Å²) in [7, 11) is 0. The Labute approximate surface area is 73.7 Å². The lowest BCUT2D eigenvalue weighted by atomic mass is 10.5. The van der Waals surface area contributed by atoms with Gasteiger partial charge in [-0.3, -0.25) is 4.79 Å². The molecule has 6 heteroatoms. The molecule has 0 aliphatic heterocycles. The Balaban J connectivity index is 2.15. The molecule has 66 valence electrons. The fourth-order valence-electron chi connectivity index (χ4n) is 0.617. The maximum Gasteiger partial charge on any atom is 0.227 e. The molecule has 1 aromatic heterocycles. The Morgan fingerprint density at radius 1 is 1.75 bits per heavy atom. The Morgan fingerprint density at radius 3 is 3.17 bits per heavy atom. The summed E-state index contributed by atoms with van der Waals surface area (Å²) in [4.78, 5) is 14.5. The van der Waals surface area contributed by atoms with E-state index in [1.165, 1.54) is 18.1 Å². The highest BCUT2D eigenvalue weighted by atomic mass is 32.2. The van der Waals surface area contributed by atoms with Gasteiger partial charge in [0, 0.05) is 12.2 Å². The van der Waals surface area contributed by atoms with Crippen LogP contribution in [0.1, 0.15) is 5.89 Å². The van der Waals surface area contributed by atoms with Gasteiger partial charge in [-0.2, -0.15) is 4.98 Å². The van der Waals surface area contributed by atoms with E-state index in [0.29, 0.717) is 18.1 Å². The van der Waals surface area contributed by atoms with Crippen molar-refractivity contribution in [3.8, 4) is 0 Å². The molecule has 0 bridgehead atoms. The number of nitrogens with zero attached hydrogens (tertiary/aromatic N) is 2. The van der Waals surface area contributed by atoms with Crippen LogP contribution >= 0.6 is 11.8 Å². The normalized spacial score (nSPS) is 10.1. The van der Waals surface area contributed by atoms with Crippen molar-refractivity contribution in [2.75, 3.05) is 12.3 Å². The van der Waals surface area contributed by atoms with Crippen molar-refractivity contribution in [1.29, 1.82) is 0 Å². The fraction of sp³-hybridized carbons (Fsp3) is 0.500. The van der Waals surface area contributed by atoms with Gasteiger partial charge in [0.2, 0.25) is 11.0 Å². The lowest BCUT2D eigenvalue weighted by molar-refractivity contribution is -0.109. The standard InChI is InChI=1S/C6H9N3O2S/c7-3-6(10)12-2-1-5-8-4-9-11-5/h4H,1-3,7H2. The molecule has 0 fully saturated rings. The largest absolute Gasteiger partial charge is 0.340 e. The molecular weight excluding hydrogens is 178 g/mol. The molecule has 0 spiro atoms. The van der Waals surface area contributed by atoms with Crippen LogP contribution in [0.5, 0.6) is 0 Å². The monoisotopic (exact) mass is 187 g/mol. The molecule has 0 aromatic carbocycles. The molecule has 5 nitrogen and oxygen atoms in total. The first kappa shape index (κ1) is 9.21. The van der Waals surface area contributed by atoms with Gasteiger partial charge in [0.1, 0.15) is 0 Å². The second-order valence-corrected chi connectivity index (χ2v) is 3.16. The minimum absolute atomic E-state index is 0.0190. The molecule has 1 heterocycles. The van der Waals surface area contributed by atoms with Crippen LogP contribution in [0.4, 0.5) is 0 Å². The van der Waals surface area contributed by atoms with Crippen molar-refractivity contribution in [3.05, 3.63) is 12.2 Å². The Bertz CT molecular complexity index is 237. The molecule has 0 aliphatic rings. The predicted molar refractivity (Wildman–Crippen MR) is 44.5 cm³/mol. The number of aromatic nitrogens is 2. The highest BCUT2D eigenvalue weighted by molar-refractivity contribution is 8.13. The molecule has 1 aromatic rings. The lowest BCUT2D eigenvalue weighted by Crippen LogP contribution is -2.10. The van der Waals surface area contributed by atoms with Crippen molar-refractivity contribution in [1.82, 2.24) is 10.1 Å². The SMILES string of the molecule is NCC(=O)SCCc1ncno1. The number of hydrogen-bond donors (Lipinski definition) is 1. The molecule has 0 radical (unpaired) electrons. The summed E-state index contributed by atoms with van der Waals surface area (Å²) < 4.78 is 4.73. The molecule has 1 rings (SSSR count). The second kappa shape index (κ2) is 4.89. The third-order valence-corrected chi connectivity index (χ3v) is 2.05. The van der Waals surface area contributed by atoms with Crippen LogP contribution in [-0.4, -0.2) is 27.6 Å². The Kier molecular flexibility index (Phi) is 3.75. The molecule has 0 saturated carbocycles. The summed E-state index contributed by atoms with van der Waals surface area (Å²) in [5.41, 5.74) is 5.11. The average Bonchev–Trinajstić information content (AvgIpc) is 2.57. The topological polar surface area (TPSA) is 82.0 Å². The molecule has 0 amide bonds. The van der Waals surface area contributed by atoms with E-state index in [0.717, 1.165) is 0 Å². The average molecular weight is 187 g/mol. The van der Waals surface area contributed by atoms with Gasteiger partial charge in [-0.05, 0) is 0 Å². The quantitative estimate of drug-likeness (QED) is 0.704. The van der Waals surface area contributed by atoms with Crippen LogP contribution in [0.15, 0.2) is 10.9 Å². The van der Waals surface area contributed by atoms with Crippen LogP contribution < -0.4 is 5.73 Å². The molecule has 0 unspecified atom stereocenters. The summed E-state index contributed by atoms with van der Waals surface area (Å²) in [5.74, 6) is 1.19. The van der Waals surface area contributed by atoms with E-state index >= 15 is 0 Å². The minimum Gasteiger partial charge on any atom is -0.340 e. The molecule has 0 atom stereocenters. The van der Waals surface area contributed by atoms with E-state index in [9.17, 15) is 4.79 Å². The zero-order valence-corrected chi connectivity index (χ0v) is 7.21. The number of hydrogen-bond acceptors (Lipinski definition) is 6. The lowest BCUT2D eigenvalue weighted by Gasteiger charge is -1.93. The van der Waals surface area contributed by atoms with E-state index in [-0.39, 0.29) is 11.7 Å². The maximum atomic E-state index is 10.7. The van der Waals surface area contributed by atoms with Gasteiger partial charge in [-0.1, -0.05) is 16.9 Å². The highest BCUT2D eigenvalue weighted by Crippen LogP contribution is 2.04. The van der Waals surface area contributed by atoms with E-state index in [1.807, 2.05) is 0 Å². The zero-order chi connectivity index (χ0) is 8.81. The van der Waals surface area contributed by atoms with Gasteiger partial charge in [-0.15, -0.1) is 0 Å². The first-order valence-corrected chi connectivity index (χ1v) is 4.42. The first-order chi connectivity index (χ1) is 5.83. The van der Waals surface area contributed by atoms with Gasteiger partial charge in [0.05, 0.1) is 6.54 Å². The summed E-state index contributed by atoms with van der Waals surface area (Å²) in [6.07, 6.45) is 1.95. The maximum absolute atomic E-state index is 10.7. The van der Waals surface area contributed by atoms with Gasteiger partial charge >= 0.3 is 0 Å². The van der Waals surface area contributed by atoms with Crippen LogP contribution in [0, 0.1) is 0 Å².